The fourth-order valence-electron chi connectivity index (χ4n) is 2.41. The first-order valence-electron chi connectivity index (χ1n) is 7.94. The number of benzene rings is 1. The van der Waals surface area contributed by atoms with Gasteiger partial charge in [-0.3, -0.25) is 18.7 Å². The third kappa shape index (κ3) is 3.65. The topological polar surface area (TPSA) is 86.0 Å². The molecule has 0 aliphatic carbocycles. The van der Waals surface area contributed by atoms with Crippen LogP contribution in [0.5, 0.6) is 0 Å². The molecule has 0 aliphatic rings. The van der Waals surface area contributed by atoms with Crippen LogP contribution >= 0.6 is 11.3 Å². The minimum Gasteiger partial charge on any atom is -0.300 e. The van der Waals surface area contributed by atoms with Gasteiger partial charge in [0.15, 0.2) is 5.13 Å². The highest BCUT2D eigenvalue weighted by Gasteiger charge is 2.11. The summed E-state index contributed by atoms with van der Waals surface area (Å²) >= 11 is 1.32. The monoisotopic (exact) mass is 370 g/mol. The van der Waals surface area contributed by atoms with Gasteiger partial charge in [-0.15, -0.1) is 11.3 Å². The van der Waals surface area contributed by atoms with Crippen LogP contribution in [0.1, 0.15) is 11.1 Å². The van der Waals surface area contributed by atoms with Crippen molar-refractivity contribution in [2.45, 2.75) is 20.4 Å². The van der Waals surface area contributed by atoms with Gasteiger partial charge >= 0.3 is 5.69 Å². The lowest BCUT2D eigenvalue weighted by atomic mass is 10.1. The molecule has 0 saturated carbocycles. The number of nitrogens with one attached hydrogen (secondary N) is 1. The van der Waals surface area contributed by atoms with Crippen molar-refractivity contribution >= 4 is 22.4 Å². The summed E-state index contributed by atoms with van der Waals surface area (Å²) in [5.41, 5.74) is 3.20. The summed E-state index contributed by atoms with van der Waals surface area (Å²) in [5, 5.41) is 5.02. The average molecular weight is 370 g/mol. The molecule has 0 unspecified atom stereocenters. The summed E-state index contributed by atoms with van der Waals surface area (Å²) < 4.78 is 2.13. The summed E-state index contributed by atoms with van der Waals surface area (Å²) in [6.45, 7) is 3.90. The fraction of sp³-hybridized carbons (Fsp3) is 0.222. The average Bonchev–Trinajstić information content (AvgIpc) is 3.06. The molecular formula is C18H18N4O3S. The molecule has 3 aromatic rings. The van der Waals surface area contributed by atoms with Crippen LogP contribution in [-0.4, -0.2) is 20.0 Å². The van der Waals surface area contributed by atoms with Gasteiger partial charge in [0.05, 0.1) is 5.69 Å². The zero-order valence-electron chi connectivity index (χ0n) is 14.6. The van der Waals surface area contributed by atoms with Crippen molar-refractivity contribution in [3.63, 3.8) is 0 Å². The number of amides is 1. The second-order valence-electron chi connectivity index (χ2n) is 6.01. The van der Waals surface area contributed by atoms with Gasteiger partial charge in [0.2, 0.25) is 5.91 Å². The Morgan fingerprint density at radius 2 is 1.96 bits per heavy atom. The number of aryl methyl sites for hydroxylation is 2. The quantitative estimate of drug-likeness (QED) is 0.760. The van der Waals surface area contributed by atoms with Crippen LogP contribution in [0.25, 0.3) is 11.3 Å². The maximum Gasteiger partial charge on any atom is 0.331 e. The molecule has 0 bridgehead atoms. The number of hydrogen-bond donors (Lipinski definition) is 1. The Bertz CT molecular complexity index is 1090. The molecule has 134 valence electrons. The van der Waals surface area contributed by atoms with E-state index >= 15 is 0 Å². The molecule has 0 saturated heterocycles. The largest absolute Gasteiger partial charge is 0.331 e. The standard InChI is InChI=1S/C18H18N4O3S/c1-11-4-5-13(8-12(11)2)14-10-26-17(19-14)20-15(23)9-22-7-6-16(24)21(3)18(22)25/h4-8,10H,9H2,1-3H3,(H,19,20,23). The molecule has 8 heteroatoms. The van der Waals surface area contributed by atoms with Crippen molar-refractivity contribution < 1.29 is 4.79 Å². The maximum absolute atomic E-state index is 12.2. The Labute approximate surface area is 153 Å². The summed E-state index contributed by atoms with van der Waals surface area (Å²) in [7, 11) is 1.37. The minimum atomic E-state index is -0.539. The first-order chi connectivity index (χ1) is 12.3. The van der Waals surface area contributed by atoms with Gasteiger partial charge < -0.3 is 5.32 Å². The molecule has 2 aromatic heterocycles. The zero-order valence-corrected chi connectivity index (χ0v) is 15.5. The number of hydrogen-bond acceptors (Lipinski definition) is 5. The van der Waals surface area contributed by atoms with Gasteiger partial charge in [0.1, 0.15) is 6.54 Å². The molecule has 1 amide bonds. The van der Waals surface area contributed by atoms with Gasteiger partial charge in [-0.25, -0.2) is 9.78 Å². The zero-order chi connectivity index (χ0) is 18.8. The normalized spacial score (nSPS) is 10.7. The molecule has 1 aromatic carbocycles. The lowest BCUT2D eigenvalue weighted by molar-refractivity contribution is -0.116. The van der Waals surface area contributed by atoms with E-state index < -0.39 is 11.2 Å². The predicted octanol–water partition coefficient (Wildman–Crippen LogP) is 1.93. The number of carbonyl (C=O) groups is 1. The predicted molar refractivity (Wildman–Crippen MR) is 102 cm³/mol. The van der Waals surface area contributed by atoms with Crippen molar-refractivity contribution in [1.29, 1.82) is 0 Å². The third-order valence-corrected chi connectivity index (χ3v) is 4.89. The van der Waals surface area contributed by atoms with Crippen LogP contribution in [0.4, 0.5) is 5.13 Å². The van der Waals surface area contributed by atoms with E-state index in [1.165, 1.54) is 46.3 Å². The van der Waals surface area contributed by atoms with E-state index in [1.54, 1.807) is 0 Å². The van der Waals surface area contributed by atoms with Gasteiger partial charge in [0, 0.05) is 30.3 Å². The van der Waals surface area contributed by atoms with E-state index in [1.807, 2.05) is 31.4 Å². The molecule has 3 rings (SSSR count). The lowest BCUT2D eigenvalue weighted by Crippen LogP contribution is -2.38. The third-order valence-electron chi connectivity index (χ3n) is 4.13. The molecule has 0 atom stereocenters. The van der Waals surface area contributed by atoms with E-state index in [0.29, 0.717) is 5.13 Å². The van der Waals surface area contributed by atoms with Crippen LogP contribution in [-0.2, 0) is 18.4 Å². The van der Waals surface area contributed by atoms with Crippen molar-refractivity contribution in [2.75, 3.05) is 5.32 Å². The Kier molecular flexibility index (Phi) is 4.85. The minimum absolute atomic E-state index is 0.189. The molecule has 0 radical (unpaired) electrons. The molecular weight excluding hydrogens is 352 g/mol. The molecule has 0 fully saturated rings. The van der Waals surface area contributed by atoms with Crippen LogP contribution in [0.3, 0.4) is 0 Å². The smallest absolute Gasteiger partial charge is 0.300 e. The SMILES string of the molecule is Cc1ccc(-c2csc(NC(=O)Cn3ccc(=O)n(C)c3=O)n2)cc1C. The summed E-state index contributed by atoms with van der Waals surface area (Å²) in [6, 6.07) is 7.33. The molecule has 1 N–H and O–H groups in total. The van der Waals surface area contributed by atoms with Crippen molar-refractivity contribution in [3.05, 3.63) is 67.8 Å². The molecule has 2 heterocycles. The Morgan fingerprint density at radius 3 is 2.69 bits per heavy atom. The lowest BCUT2D eigenvalue weighted by Gasteiger charge is -2.06. The van der Waals surface area contributed by atoms with Crippen LogP contribution < -0.4 is 16.6 Å². The molecule has 0 spiro atoms. The number of rotatable bonds is 4. The number of anilines is 1. The Morgan fingerprint density at radius 1 is 1.19 bits per heavy atom. The van der Waals surface area contributed by atoms with E-state index in [0.717, 1.165) is 15.8 Å². The highest BCUT2D eigenvalue weighted by molar-refractivity contribution is 7.14. The van der Waals surface area contributed by atoms with Gasteiger partial charge in [-0.05, 0) is 31.0 Å². The van der Waals surface area contributed by atoms with Crippen molar-refractivity contribution in [2.24, 2.45) is 7.05 Å². The second-order valence-corrected chi connectivity index (χ2v) is 6.87. The number of aromatic nitrogens is 3. The second kappa shape index (κ2) is 7.09. The first kappa shape index (κ1) is 17.8. The molecule has 7 nitrogen and oxygen atoms in total. The van der Waals surface area contributed by atoms with Gasteiger partial charge in [-0.2, -0.15) is 0 Å². The van der Waals surface area contributed by atoms with E-state index in [9.17, 15) is 14.4 Å². The Hall–Kier alpha value is -3.00. The van der Waals surface area contributed by atoms with Crippen molar-refractivity contribution in [3.8, 4) is 11.3 Å². The van der Waals surface area contributed by atoms with E-state index in [2.05, 4.69) is 16.4 Å². The summed E-state index contributed by atoms with van der Waals surface area (Å²) in [6.07, 6.45) is 1.31. The maximum atomic E-state index is 12.2. The van der Waals surface area contributed by atoms with Crippen LogP contribution in [0, 0.1) is 13.8 Å². The Balaban J connectivity index is 1.74. The van der Waals surface area contributed by atoms with Gasteiger partial charge in [0.25, 0.3) is 5.56 Å². The van der Waals surface area contributed by atoms with Gasteiger partial charge in [-0.1, -0.05) is 12.1 Å². The highest BCUT2D eigenvalue weighted by Crippen LogP contribution is 2.26. The van der Waals surface area contributed by atoms with E-state index in [-0.39, 0.29) is 12.5 Å². The summed E-state index contributed by atoms with van der Waals surface area (Å²) in [5.74, 6) is -0.383. The first-order valence-corrected chi connectivity index (χ1v) is 8.82. The van der Waals surface area contributed by atoms with Crippen LogP contribution in [0.15, 0.2) is 45.4 Å². The van der Waals surface area contributed by atoms with Crippen molar-refractivity contribution in [1.82, 2.24) is 14.1 Å². The van der Waals surface area contributed by atoms with E-state index in [4.69, 9.17) is 0 Å². The molecule has 26 heavy (non-hydrogen) atoms. The van der Waals surface area contributed by atoms with Crippen LogP contribution in [0.2, 0.25) is 0 Å². The fourth-order valence-corrected chi connectivity index (χ4v) is 3.15. The molecule has 0 aliphatic heterocycles. The summed E-state index contributed by atoms with van der Waals surface area (Å²) in [4.78, 5) is 40.0. The number of thiazole rings is 1. The number of carbonyl (C=O) groups excluding carboxylic acids is 1. The highest BCUT2D eigenvalue weighted by atomic mass is 32.1. The number of nitrogens with zero attached hydrogens (tertiary/aromatic N) is 3.